The second-order valence-electron chi connectivity index (χ2n) is 9.12. The van der Waals surface area contributed by atoms with Crippen molar-refractivity contribution in [2.75, 3.05) is 19.5 Å². The molecule has 0 saturated heterocycles. The molecule has 4 bridgehead atoms. The first-order valence-electron chi connectivity index (χ1n) is 10.1. The van der Waals surface area contributed by atoms with Crippen LogP contribution in [-0.4, -0.2) is 36.0 Å². The van der Waals surface area contributed by atoms with E-state index in [1.54, 1.807) is 13.2 Å². The van der Waals surface area contributed by atoms with E-state index in [4.69, 9.17) is 21.1 Å². The Labute approximate surface area is 174 Å². The molecule has 4 saturated carbocycles. The van der Waals surface area contributed by atoms with Gasteiger partial charge in [-0.05, 0) is 62.5 Å². The molecule has 0 aliphatic heterocycles. The number of rotatable bonds is 4. The molecule has 1 aromatic carbocycles. The number of aromatic nitrogens is 1. The van der Waals surface area contributed by atoms with Crippen LogP contribution in [-0.2, 0) is 9.53 Å². The van der Waals surface area contributed by atoms with Crippen molar-refractivity contribution in [3.63, 3.8) is 0 Å². The number of hydrogen-bond acceptors (Lipinski definition) is 4. The lowest BCUT2D eigenvalue weighted by atomic mass is 9.49. The number of alkyl halides is 1. The number of halogens is 1. The molecule has 4 aliphatic carbocycles. The number of carbonyl (C=O) groups excluding carboxylic acids is 2. The average molecular weight is 417 g/mol. The van der Waals surface area contributed by atoms with Crippen LogP contribution in [0, 0.1) is 17.3 Å². The lowest BCUT2D eigenvalue weighted by Crippen LogP contribution is -2.57. The Morgan fingerprint density at radius 2 is 1.90 bits per heavy atom. The molecule has 0 radical (unpaired) electrons. The second-order valence-corrected chi connectivity index (χ2v) is 9.93. The number of aromatic amines is 1. The highest BCUT2D eigenvalue weighted by Crippen LogP contribution is 2.64. The zero-order valence-corrected chi connectivity index (χ0v) is 17.4. The van der Waals surface area contributed by atoms with E-state index in [0.29, 0.717) is 35.2 Å². The average Bonchev–Trinajstić information content (AvgIpc) is 3.03. The standard InChI is InChI=1S/C22H25ClN2O4/c1-28-14-3-4-15-16(6-14)24-18(19(26)29-2)17(15)25-20(27)21-7-12-5-13(8-21)10-22(23,9-12)11-21/h3-4,6,12-13,24H,5,7-11H2,1-2H3,(H,25,27). The van der Waals surface area contributed by atoms with E-state index in [-0.39, 0.29) is 16.5 Å². The molecule has 1 heterocycles. The van der Waals surface area contributed by atoms with Gasteiger partial charge >= 0.3 is 5.97 Å². The molecule has 1 amide bonds. The summed E-state index contributed by atoms with van der Waals surface area (Å²) >= 11 is 6.90. The number of H-pyrrole nitrogens is 1. The van der Waals surface area contributed by atoms with E-state index in [1.807, 2.05) is 12.1 Å². The molecule has 6 rings (SSSR count). The molecule has 2 unspecified atom stereocenters. The topological polar surface area (TPSA) is 80.4 Å². The van der Waals surface area contributed by atoms with Gasteiger partial charge in [0.1, 0.15) is 11.4 Å². The fourth-order valence-electron chi connectivity index (χ4n) is 6.35. The van der Waals surface area contributed by atoms with Gasteiger partial charge in [-0.2, -0.15) is 0 Å². The highest BCUT2D eigenvalue weighted by Gasteiger charge is 2.60. The predicted molar refractivity (Wildman–Crippen MR) is 111 cm³/mol. The van der Waals surface area contributed by atoms with E-state index in [9.17, 15) is 9.59 Å². The van der Waals surface area contributed by atoms with Gasteiger partial charge in [0.05, 0.1) is 30.8 Å². The van der Waals surface area contributed by atoms with Crippen molar-refractivity contribution in [1.82, 2.24) is 4.98 Å². The lowest BCUT2D eigenvalue weighted by molar-refractivity contribution is -0.138. The van der Waals surface area contributed by atoms with Crippen LogP contribution in [0.3, 0.4) is 0 Å². The Kier molecular flexibility index (Phi) is 4.14. The van der Waals surface area contributed by atoms with Crippen molar-refractivity contribution in [1.29, 1.82) is 0 Å². The van der Waals surface area contributed by atoms with Gasteiger partial charge in [0.2, 0.25) is 5.91 Å². The molecule has 0 spiro atoms. The van der Waals surface area contributed by atoms with Crippen LogP contribution in [0.25, 0.3) is 10.9 Å². The van der Waals surface area contributed by atoms with Gasteiger partial charge < -0.3 is 19.8 Å². The van der Waals surface area contributed by atoms with Crippen LogP contribution >= 0.6 is 11.6 Å². The summed E-state index contributed by atoms with van der Waals surface area (Å²) in [7, 11) is 2.92. The van der Waals surface area contributed by atoms with Crippen LogP contribution in [0.2, 0.25) is 0 Å². The monoisotopic (exact) mass is 416 g/mol. The normalized spacial score (nSPS) is 32.4. The zero-order chi connectivity index (χ0) is 20.4. The Balaban J connectivity index is 1.53. The SMILES string of the molecule is COC(=O)c1[nH]c2cc(OC)ccc2c1NC(=O)C12CC3CC(CC(Cl)(C3)C1)C2. The molecule has 154 valence electrons. The van der Waals surface area contributed by atoms with Gasteiger partial charge in [-0.3, -0.25) is 4.79 Å². The minimum atomic E-state index is -0.519. The molecular formula is C22H25ClN2O4. The summed E-state index contributed by atoms with van der Waals surface area (Å²) in [5.74, 6) is 1.16. The van der Waals surface area contributed by atoms with Crippen molar-refractivity contribution in [3.8, 4) is 5.75 Å². The molecule has 1 aromatic heterocycles. The number of nitrogens with one attached hydrogen (secondary N) is 2. The molecule has 2 N–H and O–H groups in total. The molecule has 2 aromatic rings. The summed E-state index contributed by atoms with van der Waals surface area (Å²) in [6.45, 7) is 0. The number of methoxy groups -OCH3 is 2. The highest BCUT2D eigenvalue weighted by molar-refractivity contribution is 6.24. The van der Waals surface area contributed by atoms with Crippen LogP contribution < -0.4 is 10.1 Å². The first-order valence-corrected chi connectivity index (χ1v) is 10.5. The molecule has 4 fully saturated rings. The van der Waals surface area contributed by atoms with Gasteiger partial charge in [-0.15, -0.1) is 11.6 Å². The smallest absolute Gasteiger partial charge is 0.356 e. The number of esters is 1. The minimum Gasteiger partial charge on any atom is -0.497 e. The van der Waals surface area contributed by atoms with E-state index < -0.39 is 11.4 Å². The Bertz CT molecular complexity index is 1000. The summed E-state index contributed by atoms with van der Waals surface area (Å²) < 4.78 is 10.2. The quantitative estimate of drug-likeness (QED) is 0.568. The first kappa shape index (κ1) is 18.8. The number of anilines is 1. The predicted octanol–water partition coefficient (Wildman–Crippen LogP) is 4.48. The molecular weight excluding hydrogens is 392 g/mol. The number of ether oxygens (including phenoxy) is 2. The first-order chi connectivity index (χ1) is 13.8. The van der Waals surface area contributed by atoms with Crippen molar-refractivity contribution in [3.05, 3.63) is 23.9 Å². The lowest BCUT2D eigenvalue weighted by Gasteiger charge is -2.59. The van der Waals surface area contributed by atoms with Gasteiger partial charge in [0.15, 0.2) is 0 Å². The summed E-state index contributed by atoms with van der Waals surface area (Å²) in [5.41, 5.74) is 0.975. The highest BCUT2D eigenvalue weighted by atomic mass is 35.5. The van der Waals surface area contributed by atoms with Crippen LogP contribution in [0.15, 0.2) is 18.2 Å². The van der Waals surface area contributed by atoms with Crippen molar-refractivity contribution >= 4 is 40.1 Å². The summed E-state index contributed by atoms with van der Waals surface area (Å²) in [6, 6.07) is 5.46. The van der Waals surface area contributed by atoms with Gasteiger partial charge in [-0.25, -0.2) is 4.79 Å². The maximum atomic E-state index is 13.6. The number of carbonyl (C=O) groups is 2. The number of fused-ring (bicyclic) bond motifs is 1. The third-order valence-electron chi connectivity index (χ3n) is 7.11. The van der Waals surface area contributed by atoms with Gasteiger partial charge in [0, 0.05) is 16.3 Å². The Hall–Kier alpha value is -2.21. The third-order valence-corrected chi connectivity index (χ3v) is 7.55. The Morgan fingerprint density at radius 3 is 2.52 bits per heavy atom. The van der Waals surface area contributed by atoms with Gasteiger partial charge in [-0.1, -0.05) is 0 Å². The van der Waals surface area contributed by atoms with Crippen molar-refractivity contribution in [2.24, 2.45) is 17.3 Å². The van der Waals surface area contributed by atoms with E-state index in [1.165, 1.54) is 13.5 Å². The van der Waals surface area contributed by atoms with E-state index in [2.05, 4.69) is 10.3 Å². The van der Waals surface area contributed by atoms with E-state index >= 15 is 0 Å². The number of amides is 1. The third kappa shape index (κ3) is 2.91. The van der Waals surface area contributed by atoms with Crippen LogP contribution in [0.1, 0.15) is 49.0 Å². The maximum Gasteiger partial charge on any atom is 0.356 e. The Morgan fingerprint density at radius 1 is 1.17 bits per heavy atom. The minimum absolute atomic E-state index is 0.0292. The van der Waals surface area contributed by atoms with Crippen molar-refractivity contribution in [2.45, 2.75) is 43.4 Å². The molecule has 29 heavy (non-hydrogen) atoms. The molecule has 2 atom stereocenters. The molecule has 6 nitrogen and oxygen atoms in total. The van der Waals surface area contributed by atoms with Gasteiger partial charge in [0.25, 0.3) is 0 Å². The van der Waals surface area contributed by atoms with Crippen LogP contribution in [0.4, 0.5) is 5.69 Å². The largest absolute Gasteiger partial charge is 0.497 e. The summed E-state index contributed by atoms with van der Waals surface area (Å²) in [6.07, 6.45) is 5.69. The van der Waals surface area contributed by atoms with Crippen LogP contribution in [0.5, 0.6) is 5.75 Å². The molecule has 7 heteroatoms. The van der Waals surface area contributed by atoms with Crippen molar-refractivity contribution < 1.29 is 19.1 Å². The second kappa shape index (κ2) is 6.39. The maximum absolute atomic E-state index is 13.6. The molecule has 4 aliphatic rings. The fraction of sp³-hybridized carbons (Fsp3) is 0.545. The summed E-state index contributed by atoms with van der Waals surface area (Å²) in [5, 5.41) is 3.84. The summed E-state index contributed by atoms with van der Waals surface area (Å²) in [4.78, 5) is 28.8. The zero-order valence-electron chi connectivity index (χ0n) is 16.6. The number of benzene rings is 1. The number of hydrogen-bond donors (Lipinski definition) is 2. The fourth-order valence-corrected chi connectivity index (χ4v) is 7.04. The van der Waals surface area contributed by atoms with E-state index in [0.717, 1.165) is 31.1 Å².